The van der Waals surface area contributed by atoms with E-state index in [9.17, 15) is 17.8 Å². The monoisotopic (exact) mass is 320 g/mol. The van der Waals surface area contributed by atoms with Gasteiger partial charge in [0.05, 0.1) is 16.7 Å². The van der Waals surface area contributed by atoms with Gasteiger partial charge in [-0.1, -0.05) is 20.3 Å². The van der Waals surface area contributed by atoms with E-state index in [4.69, 9.17) is 4.74 Å². The van der Waals surface area contributed by atoms with Crippen LogP contribution in [0.5, 0.6) is 0 Å². The molecule has 1 heterocycles. The molecular formula is C13H24N2O5S. The van der Waals surface area contributed by atoms with Crippen molar-refractivity contribution in [1.82, 2.24) is 4.98 Å². The summed E-state index contributed by atoms with van der Waals surface area (Å²) in [5, 5.41) is 0. The second-order valence-corrected chi connectivity index (χ2v) is 6.02. The number of ether oxygens (including phenoxy) is 1. The average molecular weight is 320 g/mol. The average Bonchev–Trinajstić information content (AvgIpc) is 2.80. The summed E-state index contributed by atoms with van der Waals surface area (Å²) in [4.78, 5) is 13.7. The number of nitrogens with one attached hydrogen (secondary N) is 1. The summed E-state index contributed by atoms with van der Waals surface area (Å²) in [6.45, 7) is 6.51. The van der Waals surface area contributed by atoms with E-state index in [1.54, 1.807) is 6.92 Å². The maximum absolute atomic E-state index is 10.6. The van der Waals surface area contributed by atoms with Crippen LogP contribution in [0.4, 0.5) is 0 Å². The van der Waals surface area contributed by atoms with Crippen LogP contribution < -0.4 is 4.57 Å². The highest BCUT2D eigenvalue weighted by molar-refractivity contribution is 7.85. The van der Waals surface area contributed by atoms with Crippen LogP contribution in [0.2, 0.25) is 0 Å². The van der Waals surface area contributed by atoms with Gasteiger partial charge in [0.15, 0.2) is 6.61 Å². The van der Waals surface area contributed by atoms with Gasteiger partial charge in [0.2, 0.25) is 0 Å². The molecule has 0 aliphatic rings. The highest BCUT2D eigenvalue weighted by Gasteiger charge is 2.10. The van der Waals surface area contributed by atoms with Crippen LogP contribution in [-0.2, 0) is 32.8 Å². The number of imidazole rings is 1. The molecule has 1 N–H and O–H groups in total. The highest BCUT2D eigenvalue weighted by atomic mass is 32.2. The van der Waals surface area contributed by atoms with Crippen molar-refractivity contribution in [3.05, 3.63) is 18.2 Å². The van der Waals surface area contributed by atoms with Crippen molar-refractivity contribution in [2.45, 2.75) is 53.2 Å². The molecule has 0 saturated carbocycles. The number of unbranched alkanes of at least 4 members (excludes halogenated alkanes) is 1. The van der Waals surface area contributed by atoms with E-state index in [1.165, 1.54) is 6.92 Å². The summed E-state index contributed by atoms with van der Waals surface area (Å²) in [6, 6.07) is 0. The first-order chi connectivity index (χ1) is 9.80. The van der Waals surface area contributed by atoms with Crippen LogP contribution in [0, 0.1) is 0 Å². The zero-order valence-electron chi connectivity index (χ0n) is 12.8. The number of aryl methyl sites for hydroxylation is 1. The Morgan fingerprint density at radius 1 is 1.38 bits per heavy atom. The predicted octanol–water partition coefficient (Wildman–Crippen LogP) is 1.11. The van der Waals surface area contributed by atoms with Crippen molar-refractivity contribution in [1.29, 1.82) is 0 Å². The fourth-order valence-corrected chi connectivity index (χ4v) is 1.98. The maximum atomic E-state index is 10.6. The van der Waals surface area contributed by atoms with Gasteiger partial charge in [-0.05, 0) is 12.8 Å². The van der Waals surface area contributed by atoms with Crippen LogP contribution in [0.15, 0.2) is 12.4 Å². The molecule has 0 amide bonds. The van der Waals surface area contributed by atoms with E-state index in [-0.39, 0.29) is 11.7 Å². The van der Waals surface area contributed by atoms with Crippen molar-refractivity contribution >= 4 is 16.1 Å². The molecule has 1 aromatic rings. The summed E-state index contributed by atoms with van der Waals surface area (Å²) in [6.07, 6.45) is 6.52. The molecule has 0 spiro atoms. The number of esters is 1. The van der Waals surface area contributed by atoms with Crippen molar-refractivity contribution in [3.8, 4) is 0 Å². The highest BCUT2D eigenvalue weighted by Crippen LogP contribution is 1.93. The minimum Gasteiger partial charge on any atom is -0.748 e. The van der Waals surface area contributed by atoms with Crippen molar-refractivity contribution in [2.75, 3.05) is 5.75 Å². The molecule has 0 saturated heterocycles. The molecule has 0 aliphatic heterocycles. The van der Waals surface area contributed by atoms with E-state index in [2.05, 4.69) is 16.5 Å². The molecule has 21 heavy (non-hydrogen) atoms. The topological polar surface area (TPSA) is 103 Å². The van der Waals surface area contributed by atoms with Crippen LogP contribution >= 0.6 is 0 Å². The Labute approximate surface area is 126 Å². The largest absolute Gasteiger partial charge is 0.748 e. The van der Waals surface area contributed by atoms with Gasteiger partial charge in [0.25, 0.3) is 5.82 Å². The van der Waals surface area contributed by atoms with Gasteiger partial charge in [0, 0.05) is 12.7 Å². The standard InChI is InChI=1S/C10H16N2O2.C3H8O3S/c1-3-4-6-12-7-5-11-10(12)8-14-9(2)13;1-2-3-7(4,5)6/h5,7H,3-4,6,8H2,1-2H3;2-3H2,1H3,(H,4,5,6). The number of hydrogen-bond donors (Lipinski definition) is 1. The Morgan fingerprint density at radius 3 is 2.48 bits per heavy atom. The third-order valence-electron chi connectivity index (χ3n) is 2.47. The normalized spacial score (nSPS) is 10.7. The van der Waals surface area contributed by atoms with Crippen LogP contribution in [0.1, 0.15) is 45.9 Å². The minimum absolute atomic E-state index is 0.243. The molecule has 7 nitrogen and oxygen atoms in total. The first-order valence-corrected chi connectivity index (χ1v) is 8.50. The van der Waals surface area contributed by atoms with Gasteiger partial charge in [-0.3, -0.25) is 4.79 Å². The van der Waals surface area contributed by atoms with Crippen molar-refractivity contribution < 1.29 is 27.1 Å². The Bertz CT molecular complexity index is 510. The molecule has 122 valence electrons. The van der Waals surface area contributed by atoms with Gasteiger partial charge in [-0.25, -0.2) is 18.0 Å². The fourth-order valence-electron chi connectivity index (χ4n) is 1.48. The Hall–Kier alpha value is -1.41. The number of carbonyl (C=O) groups excluding carboxylic acids is 1. The maximum Gasteiger partial charge on any atom is 0.303 e. The zero-order valence-corrected chi connectivity index (χ0v) is 13.6. The first-order valence-electron chi connectivity index (χ1n) is 6.92. The van der Waals surface area contributed by atoms with Crippen molar-refractivity contribution in [2.24, 2.45) is 0 Å². The minimum atomic E-state index is -3.92. The summed E-state index contributed by atoms with van der Waals surface area (Å²) in [7, 11) is -3.92. The predicted molar refractivity (Wildman–Crippen MR) is 76.2 cm³/mol. The number of hydrogen-bond acceptors (Lipinski definition) is 5. The number of rotatable bonds is 7. The summed E-state index contributed by atoms with van der Waals surface area (Å²) in [5.41, 5.74) is 0. The lowest BCUT2D eigenvalue weighted by molar-refractivity contribution is -0.704. The van der Waals surface area contributed by atoms with Crippen LogP contribution in [-0.4, -0.2) is 29.7 Å². The molecule has 0 radical (unpaired) electrons. The van der Waals surface area contributed by atoms with E-state index in [1.807, 2.05) is 12.4 Å². The second kappa shape index (κ2) is 10.3. The number of aromatic amines is 1. The molecule has 1 aromatic heterocycles. The van der Waals surface area contributed by atoms with E-state index >= 15 is 0 Å². The van der Waals surface area contributed by atoms with Crippen LogP contribution in [0.25, 0.3) is 0 Å². The Kier molecular flexibility index (Phi) is 9.64. The first kappa shape index (κ1) is 19.6. The van der Waals surface area contributed by atoms with Gasteiger partial charge in [0.1, 0.15) is 12.4 Å². The number of aromatic nitrogens is 2. The molecule has 0 fully saturated rings. The lowest BCUT2D eigenvalue weighted by Gasteiger charge is -2.00. The third kappa shape index (κ3) is 11.0. The quantitative estimate of drug-likeness (QED) is 0.460. The number of H-pyrrole nitrogens is 1. The lowest BCUT2D eigenvalue weighted by Crippen LogP contribution is -2.36. The zero-order chi connectivity index (χ0) is 16.3. The van der Waals surface area contributed by atoms with E-state index in [0.717, 1.165) is 25.2 Å². The molecule has 0 aromatic carbocycles. The lowest BCUT2D eigenvalue weighted by atomic mass is 10.3. The summed E-state index contributed by atoms with van der Waals surface area (Å²) >= 11 is 0. The summed E-state index contributed by atoms with van der Waals surface area (Å²) in [5.74, 6) is 0.447. The summed E-state index contributed by atoms with van der Waals surface area (Å²) < 4.78 is 36.0. The van der Waals surface area contributed by atoms with Gasteiger partial charge < -0.3 is 9.29 Å². The molecule has 8 heteroatoms. The molecular weight excluding hydrogens is 296 g/mol. The number of nitrogens with zero attached hydrogens (tertiary/aromatic N) is 1. The van der Waals surface area contributed by atoms with Gasteiger partial charge >= 0.3 is 5.97 Å². The smallest absolute Gasteiger partial charge is 0.303 e. The molecule has 1 rings (SSSR count). The second-order valence-electron chi connectivity index (χ2n) is 4.50. The Balaban J connectivity index is 0.000000486. The van der Waals surface area contributed by atoms with Crippen LogP contribution in [0.3, 0.4) is 0 Å². The SMILES string of the molecule is CCCC[n+]1cc[nH]c1COC(C)=O.CCCS(=O)(=O)[O-]. The molecule has 0 bridgehead atoms. The van der Waals surface area contributed by atoms with E-state index in [0.29, 0.717) is 13.0 Å². The van der Waals surface area contributed by atoms with Gasteiger partial charge in [-0.15, -0.1) is 0 Å². The van der Waals surface area contributed by atoms with Gasteiger partial charge in [-0.2, -0.15) is 0 Å². The molecule has 0 aliphatic carbocycles. The van der Waals surface area contributed by atoms with Crippen molar-refractivity contribution in [3.63, 3.8) is 0 Å². The fraction of sp³-hybridized carbons (Fsp3) is 0.692. The molecule has 0 unspecified atom stereocenters. The number of carbonyl (C=O) groups is 1. The third-order valence-corrected chi connectivity index (χ3v) is 3.38. The molecule has 0 atom stereocenters. The Morgan fingerprint density at radius 2 is 2.05 bits per heavy atom. The van der Waals surface area contributed by atoms with E-state index < -0.39 is 10.1 Å².